The minimum Gasteiger partial charge on any atom is -0.423 e. The molecule has 11 nitrogen and oxygen atoms in total. The van der Waals surface area contributed by atoms with Crippen molar-refractivity contribution in [2.45, 2.75) is 12.1 Å². The van der Waals surface area contributed by atoms with Gasteiger partial charge in [-0.15, -0.1) is 10.2 Å². The number of nitrogens with zero attached hydrogens (tertiary/aromatic N) is 5. The van der Waals surface area contributed by atoms with Crippen molar-refractivity contribution in [2.24, 2.45) is 0 Å². The van der Waals surface area contributed by atoms with Gasteiger partial charge in [-0.3, -0.25) is 10.1 Å². The first-order chi connectivity index (χ1) is 16.4. The zero-order valence-corrected chi connectivity index (χ0v) is 17.2. The van der Waals surface area contributed by atoms with Crippen LogP contribution in [0.4, 0.5) is 26.4 Å². The summed E-state index contributed by atoms with van der Waals surface area (Å²) in [5.74, 6) is -0.495. The first kappa shape index (κ1) is 21.3. The van der Waals surface area contributed by atoms with Crippen LogP contribution in [-0.4, -0.2) is 42.8 Å². The van der Waals surface area contributed by atoms with Crippen LogP contribution in [0, 0.1) is 0 Å². The molecule has 4 heterocycles. The number of aliphatic hydroxyl groups is 1. The third-order valence-corrected chi connectivity index (χ3v) is 5.02. The zero-order valence-electron chi connectivity index (χ0n) is 17.2. The topological polar surface area (TPSA) is 151 Å². The lowest BCUT2D eigenvalue weighted by atomic mass is 10.1. The van der Waals surface area contributed by atoms with E-state index in [4.69, 9.17) is 4.42 Å². The number of amides is 1. The van der Waals surface area contributed by atoms with Gasteiger partial charge < -0.3 is 20.2 Å². The second-order valence-corrected chi connectivity index (χ2v) is 7.24. The van der Waals surface area contributed by atoms with Gasteiger partial charge in [0.25, 0.3) is 11.8 Å². The molecule has 1 amide bonds. The van der Waals surface area contributed by atoms with Gasteiger partial charge in [0, 0.05) is 6.20 Å². The Morgan fingerprint density at radius 3 is 2.68 bits per heavy atom. The van der Waals surface area contributed by atoms with Gasteiger partial charge in [0.2, 0.25) is 12.3 Å². The average Bonchev–Trinajstić information content (AvgIpc) is 3.44. The zero-order chi connectivity index (χ0) is 23.7. The van der Waals surface area contributed by atoms with Crippen molar-refractivity contribution < 1.29 is 23.1 Å². The number of fused-ring (bicyclic) bond motifs is 1. The summed E-state index contributed by atoms with van der Waals surface area (Å²) in [6, 6.07) is 7.69. The van der Waals surface area contributed by atoms with Gasteiger partial charge in [-0.05, 0) is 17.7 Å². The van der Waals surface area contributed by atoms with E-state index in [1.54, 1.807) is 5.32 Å². The van der Waals surface area contributed by atoms with Crippen LogP contribution >= 0.6 is 0 Å². The number of halogens is 2. The highest BCUT2D eigenvalue weighted by molar-refractivity contribution is 5.99. The van der Waals surface area contributed by atoms with Gasteiger partial charge in [-0.2, -0.15) is 13.8 Å². The van der Waals surface area contributed by atoms with Crippen LogP contribution in [-0.2, 0) is 6.05 Å². The molecule has 0 aliphatic carbocycles. The Labute approximate surface area is 190 Å². The summed E-state index contributed by atoms with van der Waals surface area (Å²) in [4.78, 5) is 24.1. The number of rotatable bonds is 7. The average molecular weight is 466 g/mol. The number of pyridine rings is 1. The molecule has 0 saturated heterocycles. The molecule has 3 aromatic heterocycles. The van der Waals surface area contributed by atoms with E-state index in [0.717, 1.165) is 12.0 Å². The van der Waals surface area contributed by atoms with Gasteiger partial charge in [-0.1, -0.05) is 30.3 Å². The Bertz CT molecular complexity index is 1340. The van der Waals surface area contributed by atoms with Crippen LogP contribution in [0.15, 0.2) is 59.5 Å². The minimum absolute atomic E-state index is 0.00758. The number of alkyl halides is 2. The number of carbonyl (C=O) groups excluding carboxylic acids is 1. The number of nitrogens with one attached hydrogen (secondary N) is 3. The molecule has 0 saturated carbocycles. The van der Waals surface area contributed by atoms with Crippen molar-refractivity contribution in [3.63, 3.8) is 0 Å². The van der Waals surface area contributed by atoms with E-state index in [1.165, 1.54) is 18.3 Å². The van der Waals surface area contributed by atoms with Crippen molar-refractivity contribution in [3.8, 4) is 11.5 Å². The van der Waals surface area contributed by atoms with E-state index in [0.29, 0.717) is 5.56 Å². The Morgan fingerprint density at radius 2 is 1.94 bits per heavy atom. The molecule has 0 bridgehead atoms. The van der Waals surface area contributed by atoms with E-state index in [9.17, 15) is 18.7 Å². The van der Waals surface area contributed by atoms with Crippen LogP contribution in [0.3, 0.4) is 0 Å². The third-order valence-electron chi connectivity index (χ3n) is 5.02. The lowest BCUT2D eigenvalue weighted by Gasteiger charge is -2.19. The molecule has 0 radical (unpaired) electrons. The maximum absolute atomic E-state index is 14.0. The highest BCUT2D eigenvalue weighted by Crippen LogP contribution is 2.34. The Balaban J connectivity index is 1.48. The number of hydrogen-bond donors (Lipinski definition) is 4. The largest absolute Gasteiger partial charge is 0.423 e. The molecule has 1 aliphatic rings. The second-order valence-electron chi connectivity index (χ2n) is 7.24. The van der Waals surface area contributed by atoms with Crippen molar-refractivity contribution in [2.75, 3.05) is 17.2 Å². The normalized spacial score (nSPS) is 14.9. The molecule has 4 aromatic rings. The Kier molecular flexibility index (Phi) is 5.30. The number of carbonyl (C=O) groups is 1. The van der Waals surface area contributed by atoms with Gasteiger partial charge in [-0.25, -0.2) is 9.97 Å². The van der Waals surface area contributed by atoms with Crippen LogP contribution < -0.4 is 16.0 Å². The first-order valence-corrected chi connectivity index (χ1v) is 9.99. The molecule has 34 heavy (non-hydrogen) atoms. The summed E-state index contributed by atoms with van der Waals surface area (Å²) in [6.45, 7) is -0.247. The van der Waals surface area contributed by atoms with E-state index in [1.807, 2.05) is 30.3 Å². The number of benzene rings is 1. The molecule has 0 spiro atoms. The van der Waals surface area contributed by atoms with Crippen LogP contribution in [0.1, 0.15) is 27.7 Å². The Hall–Kier alpha value is -4.52. The maximum Gasteiger partial charge on any atom is 0.370 e. The van der Waals surface area contributed by atoms with Crippen molar-refractivity contribution in [1.29, 1.82) is 0 Å². The van der Waals surface area contributed by atoms with Crippen molar-refractivity contribution >= 4 is 23.5 Å². The fraction of sp³-hybridized carbons (Fsp3) is 0.143. The molecule has 1 aromatic carbocycles. The molecule has 0 fully saturated rings. The summed E-state index contributed by atoms with van der Waals surface area (Å²) < 4.78 is 33.3. The summed E-state index contributed by atoms with van der Waals surface area (Å²) in [5.41, 5.74) is 0.266. The van der Waals surface area contributed by atoms with Crippen LogP contribution in [0.2, 0.25) is 0 Å². The molecule has 1 atom stereocenters. The third kappa shape index (κ3) is 3.99. The van der Waals surface area contributed by atoms with E-state index >= 15 is 0 Å². The Morgan fingerprint density at radius 1 is 1.12 bits per heavy atom. The molecular weight excluding hydrogens is 450 g/mol. The van der Waals surface area contributed by atoms with Gasteiger partial charge in [0.1, 0.15) is 17.3 Å². The molecule has 1 aliphatic heterocycles. The van der Waals surface area contributed by atoms with Crippen molar-refractivity contribution in [1.82, 2.24) is 30.5 Å². The highest BCUT2D eigenvalue weighted by atomic mass is 19.3. The second kappa shape index (κ2) is 8.44. The number of hydrogen-bond acceptors (Lipinski definition) is 10. The fourth-order valence-electron chi connectivity index (χ4n) is 3.42. The summed E-state index contributed by atoms with van der Waals surface area (Å²) in [5, 5.41) is 24.9. The predicted octanol–water partition coefficient (Wildman–Crippen LogP) is 2.60. The SMILES string of the molecule is O=C1NC(F)(F)c2nc(Nc3ncc(-c4nnco4)c(N[C@H](CO)c4ccccc4)n3)ccc21. The smallest absolute Gasteiger partial charge is 0.370 e. The summed E-state index contributed by atoms with van der Waals surface area (Å²) >= 11 is 0. The molecule has 5 rings (SSSR count). The minimum atomic E-state index is -3.58. The monoisotopic (exact) mass is 466 g/mol. The number of anilines is 3. The lowest BCUT2D eigenvalue weighted by Crippen LogP contribution is -2.30. The molecule has 0 unspecified atom stereocenters. The van der Waals surface area contributed by atoms with E-state index in [2.05, 4.69) is 35.8 Å². The van der Waals surface area contributed by atoms with E-state index in [-0.39, 0.29) is 35.6 Å². The standard InChI is InChI=1S/C21H16F2N8O3/c22-21(23)16-12(18(33)30-21)6-7-15(27-16)28-20-24-8-13(19-31-25-10-34-19)17(29-20)26-14(9-32)11-4-2-1-3-5-11/h1-8,10,14,32H,9H2,(H,30,33)(H2,24,26,27,28,29)/t14-/m1/s1. The first-order valence-electron chi connectivity index (χ1n) is 9.99. The molecule has 13 heteroatoms. The molecule has 4 N–H and O–H groups in total. The summed E-state index contributed by atoms with van der Waals surface area (Å²) in [6.07, 6.45) is 2.55. The van der Waals surface area contributed by atoms with Gasteiger partial charge >= 0.3 is 6.05 Å². The molecular formula is C21H16F2N8O3. The quantitative estimate of drug-likeness (QED) is 0.299. The fourth-order valence-corrected chi connectivity index (χ4v) is 3.42. The maximum atomic E-state index is 14.0. The van der Waals surface area contributed by atoms with E-state index < -0.39 is 23.7 Å². The number of aliphatic hydroxyl groups excluding tert-OH is 1. The van der Waals surface area contributed by atoms with Gasteiger partial charge in [0.15, 0.2) is 0 Å². The van der Waals surface area contributed by atoms with Crippen LogP contribution in [0.25, 0.3) is 11.5 Å². The summed E-state index contributed by atoms with van der Waals surface area (Å²) in [7, 11) is 0. The highest BCUT2D eigenvalue weighted by Gasteiger charge is 2.45. The number of aromatic nitrogens is 5. The lowest BCUT2D eigenvalue weighted by molar-refractivity contribution is -0.0278. The molecule has 172 valence electrons. The van der Waals surface area contributed by atoms with Gasteiger partial charge in [0.05, 0.1) is 23.8 Å². The predicted molar refractivity (Wildman–Crippen MR) is 114 cm³/mol. The van der Waals surface area contributed by atoms with Crippen molar-refractivity contribution in [3.05, 3.63) is 71.9 Å². The van der Waals surface area contributed by atoms with Crippen LogP contribution in [0.5, 0.6) is 0 Å².